The number of aromatic nitrogens is 3. The second-order valence-electron chi connectivity index (χ2n) is 4.49. The van der Waals surface area contributed by atoms with Gasteiger partial charge in [-0.15, -0.1) is 5.10 Å². The number of amides is 1. The van der Waals surface area contributed by atoms with Crippen LogP contribution in [0.25, 0.3) is 0 Å². The number of hydrogen-bond acceptors (Lipinski definition) is 6. The number of rotatable bonds is 4. The molecule has 2 rings (SSSR count). The lowest BCUT2D eigenvalue weighted by atomic mass is 10.2. The summed E-state index contributed by atoms with van der Waals surface area (Å²) >= 11 is 0. The molecule has 1 saturated heterocycles. The number of aryl methyl sites for hydroxylation is 1. The van der Waals surface area contributed by atoms with Crippen LogP contribution in [0.5, 0.6) is 0 Å². The van der Waals surface area contributed by atoms with Crippen molar-refractivity contribution in [2.45, 2.75) is 25.9 Å². The first-order valence-corrected chi connectivity index (χ1v) is 6.55. The van der Waals surface area contributed by atoms with Crippen LogP contribution in [-0.4, -0.2) is 64.9 Å². The smallest absolute Gasteiger partial charge is 0.336 e. The summed E-state index contributed by atoms with van der Waals surface area (Å²) < 4.78 is 9.89. The van der Waals surface area contributed by atoms with Crippen LogP contribution in [0.15, 0.2) is 0 Å². The van der Waals surface area contributed by atoms with Crippen molar-refractivity contribution in [3.63, 3.8) is 0 Å². The molecule has 1 aliphatic heterocycles. The average Bonchev–Trinajstić information content (AvgIpc) is 2.95. The van der Waals surface area contributed by atoms with E-state index in [1.807, 2.05) is 6.92 Å². The molecule has 1 fully saturated rings. The predicted octanol–water partition coefficient (Wildman–Crippen LogP) is -0.229. The van der Waals surface area contributed by atoms with Crippen molar-refractivity contribution in [3.8, 4) is 0 Å². The Morgan fingerprint density at radius 3 is 3.05 bits per heavy atom. The molecule has 1 amide bonds. The molecule has 0 spiro atoms. The fourth-order valence-corrected chi connectivity index (χ4v) is 1.99. The summed E-state index contributed by atoms with van der Waals surface area (Å²) in [6, 6.07) is 0. The highest BCUT2D eigenvalue weighted by molar-refractivity contribution is 5.91. The summed E-state index contributed by atoms with van der Waals surface area (Å²) in [4.78, 5) is 29.3. The molecule has 2 heterocycles. The van der Waals surface area contributed by atoms with E-state index in [1.165, 1.54) is 12.0 Å². The van der Waals surface area contributed by atoms with E-state index >= 15 is 0 Å². The summed E-state index contributed by atoms with van der Waals surface area (Å²) in [5.41, 5.74) is 0. The van der Waals surface area contributed by atoms with Gasteiger partial charge >= 0.3 is 5.97 Å². The third-order valence-corrected chi connectivity index (χ3v) is 3.03. The first kappa shape index (κ1) is 14.4. The van der Waals surface area contributed by atoms with Crippen LogP contribution in [0.3, 0.4) is 0 Å². The number of nitrogens with one attached hydrogen (secondary N) is 1. The Balaban J connectivity index is 2.02. The van der Waals surface area contributed by atoms with Crippen LogP contribution in [0.1, 0.15) is 29.8 Å². The van der Waals surface area contributed by atoms with Gasteiger partial charge < -0.3 is 14.4 Å². The standard InChI is InChI=1S/C12H18N4O4/c1-3-4-9-13-10(15-14-9)11(17)16-5-6-20-8(7-16)12(18)19-2/h8H,3-7H2,1-2H3,(H,13,14,15). The highest BCUT2D eigenvalue weighted by Crippen LogP contribution is 2.10. The van der Waals surface area contributed by atoms with Crippen molar-refractivity contribution in [1.29, 1.82) is 0 Å². The number of ether oxygens (including phenoxy) is 2. The van der Waals surface area contributed by atoms with Crippen molar-refractivity contribution in [2.75, 3.05) is 26.8 Å². The molecule has 0 aliphatic carbocycles. The molecule has 1 aromatic rings. The van der Waals surface area contributed by atoms with E-state index in [4.69, 9.17) is 4.74 Å². The van der Waals surface area contributed by atoms with Gasteiger partial charge in [0.15, 0.2) is 6.10 Å². The molecule has 110 valence electrons. The molecule has 8 heteroatoms. The largest absolute Gasteiger partial charge is 0.467 e. The van der Waals surface area contributed by atoms with E-state index in [0.29, 0.717) is 12.4 Å². The van der Waals surface area contributed by atoms with Gasteiger partial charge in [-0.2, -0.15) is 0 Å². The monoisotopic (exact) mass is 282 g/mol. The first-order valence-electron chi connectivity index (χ1n) is 6.55. The van der Waals surface area contributed by atoms with Gasteiger partial charge in [-0.05, 0) is 6.42 Å². The lowest BCUT2D eigenvalue weighted by Gasteiger charge is -2.30. The number of hydrogen-bond donors (Lipinski definition) is 1. The Bertz CT molecular complexity index is 488. The number of morpholine rings is 1. The molecule has 0 aromatic carbocycles. The van der Waals surface area contributed by atoms with Gasteiger partial charge in [0.2, 0.25) is 5.82 Å². The topological polar surface area (TPSA) is 97.4 Å². The summed E-state index contributed by atoms with van der Waals surface area (Å²) in [5, 5.41) is 6.66. The average molecular weight is 282 g/mol. The van der Waals surface area contributed by atoms with Crippen molar-refractivity contribution in [2.24, 2.45) is 0 Å². The van der Waals surface area contributed by atoms with Crippen LogP contribution in [0, 0.1) is 0 Å². The highest BCUT2D eigenvalue weighted by atomic mass is 16.6. The van der Waals surface area contributed by atoms with Crippen LogP contribution >= 0.6 is 0 Å². The van der Waals surface area contributed by atoms with Gasteiger partial charge in [0.1, 0.15) is 5.82 Å². The van der Waals surface area contributed by atoms with E-state index < -0.39 is 12.1 Å². The zero-order valence-corrected chi connectivity index (χ0v) is 11.6. The SMILES string of the molecule is CCCc1nc(C(=O)N2CCOC(C(=O)OC)C2)n[nH]1. The number of carbonyl (C=O) groups is 2. The molecule has 1 aliphatic rings. The fraction of sp³-hybridized carbons (Fsp3) is 0.667. The number of esters is 1. The number of nitrogens with zero attached hydrogens (tertiary/aromatic N) is 3. The zero-order valence-electron chi connectivity index (χ0n) is 11.6. The Kier molecular flexibility index (Phi) is 4.67. The van der Waals surface area contributed by atoms with Gasteiger partial charge in [-0.1, -0.05) is 6.92 Å². The van der Waals surface area contributed by atoms with Crippen LogP contribution in [0.4, 0.5) is 0 Å². The third-order valence-electron chi connectivity index (χ3n) is 3.03. The molecule has 0 bridgehead atoms. The number of carbonyl (C=O) groups excluding carboxylic acids is 2. The van der Waals surface area contributed by atoms with Gasteiger partial charge in [0, 0.05) is 13.0 Å². The van der Waals surface area contributed by atoms with E-state index in [0.717, 1.165) is 12.8 Å². The van der Waals surface area contributed by atoms with Crippen molar-refractivity contribution in [1.82, 2.24) is 20.1 Å². The first-order chi connectivity index (χ1) is 9.65. The summed E-state index contributed by atoms with van der Waals surface area (Å²) in [6.45, 7) is 2.87. The van der Waals surface area contributed by atoms with Crippen molar-refractivity contribution >= 4 is 11.9 Å². The fourth-order valence-electron chi connectivity index (χ4n) is 1.99. The summed E-state index contributed by atoms with van der Waals surface area (Å²) in [7, 11) is 1.29. The van der Waals surface area contributed by atoms with E-state index in [9.17, 15) is 9.59 Å². The second-order valence-corrected chi connectivity index (χ2v) is 4.49. The van der Waals surface area contributed by atoms with Gasteiger partial charge in [0.05, 0.1) is 20.3 Å². The Morgan fingerprint density at radius 1 is 1.55 bits per heavy atom. The van der Waals surface area contributed by atoms with Gasteiger partial charge in [0.25, 0.3) is 5.91 Å². The maximum atomic E-state index is 12.2. The maximum Gasteiger partial charge on any atom is 0.336 e. The Morgan fingerprint density at radius 2 is 2.35 bits per heavy atom. The minimum absolute atomic E-state index is 0.124. The number of aromatic amines is 1. The molecule has 1 N–H and O–H groups in total. The van der Waals surface area contributed by atoms with Crippen LogP contribution in [0.2, 0.25) is 0 Å². The zero-order chi connectivity index (χ0) is 14.5. The predicted molar refractivity (Wildman–Crippen MR) is 68.0 cm³/mol. The summed E-state index contributed by atoms with van der Waals surface area (Å²) in [6.07, 6.45) is 0.922. The number of methoxy groups -OCH3 is 1. The Labute approximate surface area is 116 Å². The normalized spacial score (nSPS) is 18.9. The molecule has 0 radical (unpaired) electrons. The molecule has 1 atom stereocenters. The van der Waals surface area contributed by atoms with Gasteiger partial charge in [-0.3, -0.25) is 9.89 Å². The Hall–Kier alpha value is -1.96. The lowest BCUT2D eigenvalue weighted by molar-refractivity contribution is -0.158. The summed E-state index contributed by atoms with van der Waals surface area (Å²) in [5.74, 6) is 0.0255. The van der Waals surface area contributed by atoms with Crippen LogP contribution in [-0.2, 0) is 20.7 Å². The van der Waals surface area contributed by atoms with Gasteiger partial charge in [-0.25, -0.2) is 9.78 Å². The van der Waals surface area contributed by atoms with E-state index in [-0.39, 0.29) is 24.9 Å². The lowest BCUT2D eigenvalue weighted by Crippen LogP contribution is -2.49. The molecular weight excluding hydrogens is 264 g/mol. The van der Waals surface area contributed by atoms with E-state index in [2.05, 4.69) is 19.9 Å². The molecule has 8 nitrogen and oxygen atoms in total. The molecular formula is C12H18N4O4. The van der Waals surface area contributed by atoms with Crippen LogP contribution < -0.4 is 0 Å². The molecule has 0 saturated carbocycles. The van der Waals surface area contributed by atoms with E-state index in [1.54, 1.807) is 0 Å². The molecule has 1 unspecified atom stereocenters. The quantitative estimate of drug-likeness (QED) is 0.766. The highest BCUT2D eigenvalue weighted by Gasteiger charge is 2.31. The second kappa shape index (κ2) is 6.47. The maximum absolute atomic E-state index is 12.2. The molecule has 1 aromatic heterocycles. The van der Waals surface area contributed by atoms with Crippen molar-refractivity contribution in [3.05, 3.63) is 11.6 Å². The third kappa shape index (κ3) is 3.13. The minimum atomic E-state index is -0.744. The number of H-pyrrole nitrogens is 1. The molecule has 20 heavy (non-hydrogen) atoms. The minimum Gasteiger partial charge on any atom is -0.467 e. The van der Waals surface area contributed by atoms with Crippen molar-refractivity contribution < 1.29 is 19.1 Å².